The van der Waals surface area contributed by atoms with Gasteiger partial charge in [-0.25, -0.2) is 13.2 Å². The Hall–Kier alpha value is -1.56. The molecule has 1 aromatic carbocycles. The molecule has 6 heteroatoms. The highest BCUT2D eigenvalue weighted by Gasteiger charge is 2.18. The molecule has 112 valence electrons. The number of carbonyl (C=O) groups is 1. The Morgan fingerprint density at radius 2 is 1.90 bits per heavy atom. The minimum Gasteiger partial charge on any atom is -0.467 e. The van der Waals surface area contributed by atoms with Gasteiger partial charge >= 0.3 is 5.97 Å². The van der Waals surface area contributed by atoms with Gasteiger partial charge < -0.3 is 10.1 Å². The van der Waals surface area contributed by atoms with E-state index in [0.29, 0.717) is 12.1 Å². The zero-order valence-corrected chi connectivity index (χ0v) is 12.9. The molecule has 0 fully saturated rings. The van der Waals surface area contributed by atoms with Gasteiger partial charge in [0.05, 0.1) is 12.0 Å². The van der Waals surface area contributed by atoms with Crippen LogP contribution in [0.4, 0.5) is 5.69 Å². The number of unbranched alkanes of at least 4 members (excludes halogenated alkanes) is 1. The van der Waals surface area contributed by atoms with Crippen LogP contribution in [-0.2, 0) is 19.4 Å². The van der Waals surface area contributed by atoms with Crippen molar-refractivity contribution in [3.63, 3.8) is 0 Å². The second kappa shape index (κ2) is 7.28. The van der Waals surface area contributed by atoms with E-state index in [1.165, 1.54) is 19.2 Å². The number of anilines is 1. The number of methoxy groups -OCH3 is 1. The number of rotatable bonds is 7. The monoisotopic (exact) mass is 299 g/mol. The highest BCUT2D eigenvalue weighted by Crippen LogP contribution is 2.16. The minimum absolute atomic E-state index is 0.256. The normalized spacial score (nSPS) is 12.8. The smallest absolute Gasteiger partial charge is 0.328 e. The number of nitrogens with one attached hydrogen (secondary N) is 1. The molecule has 0 aliphatic heterocycles. The van der Waals surface area contributed by atoms with Crippen LogP contribution in [0.25, 0.3) is 0 Å². The van der Waals surface area contributed by atoms with Gasteiger partial charge in [-0.2, -0.15) is 0 Å². The summed E-state index contributed by atoms with van der Waals surface area (Å²) in [5, 5.41) is 3.07. The van der Waals surface area contributed by atoms with Gasteiger partial charge in [-0.05, 0) is 30.7 Å². The molecule has 1 aromatic rings. The first-order chi connectivity index (χ1) is 9.38. The predicted molar refractivity (Wildman–Crippen MR) is 78.5 cm³/mol. The SMILES string of the molecule is CCCCC(Nc1ccc(S(C)(=O)=O)cc1)C(=O)OC. The number of hydrogen-bond donors (Lipinski definition) is 1. The maximum Gasteiger partial charge on any atom is 0.328 e. The molecular formula is C14H21NO4S. The molecule has 0 aromatic heterocycles. The highest BCUT2D eigenvalue weighted by atomic mass is 32.2. The van der Waals surface area contributed by atoms with Crippen molar-refractivity contribution < 1.29 is 17.9 Å². The van der Waals surface area contributed by atoms with Gasteiger partial charge in [0.15, 0.2) is 9.84 Å². The summed E-state index contributed by atoms with van der Waals surface area (Å²) in [6.45, 7) is 2.05. The summed E-state index contributed by atoms with van der Waals surface area (Å²) in [5.41, 5.74) is 0.698. The molecule has 20 heavy (non-hydrogen) atoms. The summed E-state index contributed by atoms with van der Waals surface area (Å²) >= 11 is 0. The van der Waals surface area contributed by atoms with Crippen LogP contribution in [-0.4, -0.2) is 33.8 Å². The Balaban J connectivity index is 2.80. The lowest BCUT2D eigenvalue weighted by Gasteiger charge is -2.17. The molecule has 1 unspecified atom stereocenters. The van der Waals surface area contributed by atoms with E-state index in [2.05, 4.69) is 12.2 Å². The molecule has 5 nitrogen and oxygen atoms in total. The van der Waals surface area contributed by atoms with E-state index in [1.807, 2.05) is 0 Å². The number of benzene rings is 1. The van der Waals surface area contributed by atoms with Gasteiger partial charge in [0.25, 0.3) is 0 Å². The fraction of sp³-hybridized carbons (Fsp3) is 0.500. The Morgan fingerprint density at radius 3 is 2.35 bits per heavy atom. The van der Waals surface area contributed by atoms with Crippen LogP contribution in [0.5, 0.6) is 0 Å². The third-order valence-electron chi connectivity index (χ3n) is 2.96. The third-order valence-corrected chi connectivity index (χ3v) is 4.08. The summed E-state index contributed by atoms with van der Waals surface area (Å²) in [6.07, 6.45) is 3.74. The fourth-order valence-corrected chi connectivity index (χ4v) is 2.43. The summed E-state index contributed by atoms with van der Waals surface area (Å²) in [5.74, 6) is -0.314. The summed E-state index contributed by atoms with van der Waals surface area (Å²) in [4.78, 5) is 11.9. The van der Waals surface area contributed by atoms with Crippen LogP contribution in [0.15, 0.2) is 29.2 Å². The number of ether oxygens (including phenoxy) is 1. The van der Waals surface area contributed by atoms with E-state index < -0.39 is 15.9 Å². The Labute approximate surface area is 120 Å². The lowest BCUT2D eigenvalue weighted by molar-refractivity contribution is -0.141. The molecule has 1 N–H and O–H groups in total. The average Bonchev–Trinajstić information content (AvgIpc) is 2.42. The summed E-state index contributed by atoms with van der Waals surface area (Å²) in [6, 6.07) is 5.93. The fourth-order valence-electron chi connectivity index (χ4n) is 1.80. The molecule has 0 bridgehead atoms. The van der Waals surface area contributed by atoms with Gasteiger partial charge in [0, 0.05) is 11.9 Å². The van der Waals surface area contributed by atoms with E-state index >= 15 is 0 Å². The predicted octanol–water partition coefficient (Wildman–Crippen LogP) is 2.23. The van der Waals surface area contributed by atoms with Gasteiger partial charge in [-0.3, -0.25) is 0 Å². The van der Waals surface area contributed by atoms with E-state index in [-0.39, 0.29) is 10.9 Å². The first-order valence-corrected chi connectivity index (χ1v) is 8.42. The standard InChI is InChI=1S/C14H21NO4S/c1-4-5-6-13(14(16)19-2)15-11-7-9-12(10-8-11)20(3,17)18/h7-10,13,15H,4-6H2,1-3H3. The minimum atomic E-state index is -3.20. The van der Waals surface area contributed by atoms with Crippen molar-refractivity contribution in [2.24, 2.45) is 0 Å². The summed E-state index contributed by atoms with van der Waals surface area (Å²) in [7, 11) is -1.85. The van der Waals surface area contributed by atoms with Gasteiger partial charge in [-0.15, -0.1) is 0 Å². The van der Waals surface area contributed by atoms with Crippen molar-refractivity contribution in [1.29, 1.82) is 0 Å². The number of hydrogen-bond acceptors (Lipinski definition) is 5. The maximum absolute atomic E-state index is 11.7. The lowest BCUT2D eigenvalue weighted by atomic mass is 10.1. The van der Waals surface area contributed by atoms with Gasteiger partial charge in [0.2, 0.25) is 0 Å². The summed E-state index contributed by atoms with van der Waals surface area (Å²) < 4.78 is 27.5. The van der Waals surface area contributed by atoms with Gasteiger partial charge in [0.1, 0.15) is 6.04 Å². The molecule has 0 saturated carbocycles. The third kappa shape index (κ3) is 4.85. The van der Waals surface area contributed by atoms with Crippen LogP contribution in [0.2, 0.25) is 0 Å². The van der Waals surface area contributed by atoms with Crippen molar-refractivity contribution in [3.05, 3.63) is 24.3 Å². The molecule has 0 heterocycles. The number of sulfone groups is 1. The Bertz CT molecular complexity index is 537. The second-order valence-corrected chi connectivity index (χ2v) is 6.67. The molecule has 1 atom stereocenters. The zero-order valence-electron chi connectivity index (χ0n) is 12.0. The number of carbonyl (C=O) groups excluding carboxylic acids is 1. The van der Waals surface area contributed by atoms with Gasteiger partial charge in [-0.1, -0.05) is 19.8 Å². The van der Waals surface area contributed by atoms with E-state index in [4.69, 9.17) is 4.74 Å². The molecular weight excluding hydrogens is 278 g/mol. The molecule has 0 aliphatic carbocycles. The van der Waals surface area contributed by atoms with Crippen LogP contribution in [0, 0.1) is 0 Å². The topological polar surface area (TPSA) is 72.5 Å². The average molecular weight is 299 g/mol. The van der Waals surface area contributed by atoms with Crippen LogP contribution in [0.1, 0.15) is 26.2 Å². The second-order valence-electron chi connectivity index (χ2n) is 4.66. The molecule has 0 radical (unpaired) electrons. The lowest BCUT2D eigenvalue weighted by Crippen LogP contribution is -2.30. The highest BCUT2D eigenvalue weighted by molar-refractivity contribution is 7.90. The quantitative estimate of drug-likeness (QED) is 0.782. The van der Waals surface area contributed by atoms with Crippen molar-refractivity contribution >= 4 is 21.5 Å². The molecule has 1 rings (SSSR count). The Morgan fingerprint density at radius 1 is 1.30 bits per heavy atom. The maximum atomic E-state index is 11.7. The molecule has 0 aliphatic rings. The van der Waals surface area contributed by atoms with E-state index in [0.717, 1.165) is 19.1 Å². The Kier molecular flexibility index (Phi) is 6.01. The molecule has 0 amide bonds. The van der Waals surface area contributed by atoms with Crippen LogP contribution in [0.3, 0.4) is 0 Å². The first kappa shape index (κ1) is 16.5. The van der Waals surface area contributed by atoms with E-state index in [1.54, 1.807) is 12.1 Å². The van der Waals surface area contributed by atoms with Crippen LogP contribution >= 0.6 is 0 Å². The largest absolute Gasteiger partial charge is 0.467 e. The first-order valence-electron chi connectivity index (χ1n) is 6.53. The van der Waals surface area contributed by atoms with Crippen molar-refractivity contribution in [1.82, 2.24) is 0 Å². The van der Waals surface area contributed by atoms with Crippen LogP contribution < -0.4 is 5.32 Å². The zero-order chi connectivity index (χ0) is 15.2. The van der Waals surface area contributed by atoms with Crippen molar-refractivity contribution in [2.75, 3.05) is 18.7 Å². The van der Waals surface area contributed by atoms with Crippen molar-refractivity contribution in [2.45, 2.75) is 37.1 Å². The number of esters is 1. The van der Waals surface area contributed by atoms with E-state index in [9.17, 15) is 13.2 Å². The molecule has 0 spiro atoms. The van der Waals surface area contributed by atoms with Crippen molar-refractivity contribution in [3.8, 4) is 0 Å². The molecule has 0 saturated heterocycles.